The fourth-order valence-corrected chi connectivity index (χ4v) is 7.64. The number of ether oxygens (including phenoxy) is 2. The number of nitrogens with zero attached hydrogens (tertiary/aromatic N) is 4. The standard InChI is InChI=1S/C56H50N4O4/c1-39-5-21-47(22-6-39)59(49-25-9-41(10-26-49)13-35-55(61)63-3)51-29-15-43(16-30-51)45-19-33-53(57-37-45)54-34-20-46(38-58-54)44-17-31-52(32-18-44)60(48-23-7-40(2)8-24-48)50-27-11-42(12-28-50)14-36-56(62)64-4/h5-12,15-34,37-38H,13-14,35-36H2,1-4H3. The monoisotopic (exact) mass is 842 g/mol. The third kappa shape index (κ3) is 10.3. The van der Waals surface area contributed by atoms with E-state index in [2.05, 4.69) is 181 Å². The van der Waals surface area contributed by atoms with Crippen LogP contribution < -0.4 is 9.80 Å². The minimum Gasteiger partial charge on any atom is -0.469 e. The number of hydrogen-bond acceptors (Lipinski definition) is 8. The van der Waals surface area contributed by atoms with E-state index in [1.807, 2.05) is 24.5 Å². The minimum atomic E-state index is -0.210. The average molecular weight is 843 g/mol. The first-order valence-electron chi connectivity index (χ1n) is 21.4. The van der Waals surface area contributed by atoms with Gasteiger partial charge >= 0.3 is 11.9 Å². The van der Waals surface area contributed by atoms with E-state index in [4.69, 9.17) is 19.4 Å². The summed E-state index contributed by atoms with van der Waals surface area (Å²) in [6, 6.07) is 59.0. The Hall–Kier alpha value is -7.84. The molecule has 8 heteroatoms. The molecule has 2 heterocycles. The van der Waals surface area contributed by atoms with Crippen molar-refractivity contribution in [3.63, 3.8) is 0 Å². The van der Waals surface area contributed by atoms with Crippen LogP contribution in [0.3, 0.4) is 0 Å². The Bertz CT molecular complexity index is 2590. The average Bonchev–Trinajstić information content (AvgIpc) is 3.35. The first kappa shape index (κ1) is 42.8. The molecule has 318 valence electrons. The van der Waals surface area contributed by atoms with E-state index in [-0.39, 0.29) is 11.9 Å². The van der Waals surface area contributed by atoms with Crippen LogP contribution in [-0.2, 0) is 31.9 Å². The maximum Gasteiger partial charge on any atom is 0.305 e. The number of benzene rings is 6. The molecular weight excluding hydrogens is 793 g/mol. The first-order chi connectivity index (χ1) is 31.2. The number of aryl methyl sites for hydroxylation is 4. The number of esters is 2. The third-order valence-corrected chi connectivity index (χ3v) is 11.4. The van der Waals surface area contributed by atoms with Gasteiger partial charge in [0.1, 0.15) is 0 Å². The van der Waals surface area contributed by atoms with Crippen LogP contribution in [0.4, 0.5) is 34.1 Å². The third-order valence-electron chi connectivity index (χ3n) is 11.4. The van der Waals surface area contributed by atoms with Crippen LogP contribution in [-0.4, -0.2) is 36.1 Å². The number of aromatic nitrogens is 2. The molecule has 2 aromatic heterocycles. The van der Waals surface area contributed by atoms with Crippen LogP contribution >= 0.6 is 0 Å². The molecule has 0 bridgehead atoms. The minimum absolute atomic E-state index is 0.210. The lowest BCUT2D eigenvalue weighted by molar-refractivity contribution is -0.141. The molecule has 0 aliphatic heterocycles. The molecule has 0 saturated heterocycles. The van der Waals surface area contributed by atoms with Gasteiger partial charge in [0.05, 0.1) is 25.6 Å². The fourth-order valence-electron chi connectivity index (χ4n) is 7.64. The zero-order chi connectivity index (χ0) is 44.4. The van der Waals surface area contributed by atoms with Gasteiger partial charge in [-0.15, -0.1) is 0 Å². The maximum atomic E-state index is 11.7. The van der Waals surface area contributed by atoms with E-state index in [1.54, 1.807) is 0 Å². The molecule has 8 nitrogen and oxygen atoms in total. The van der Waals surface area contributed by atoms with Crippen molar-refractivity contribution in [2.45, 2.75) is 39.5 Å². The van der Waals surface area contributed by atoms with Crippen molar-refractivity contribution in [2.24, 2.45) is 0 Å². The summed E-state index contributed by atoms with van der Waals surface area (Å²) < 4.78 is 9.65. The van der Waals surface area contributed by atoms with Gasteiger partial charge in [-0.3, -0.25) is 19.6 Å². The van der Waals surface area contributed by atoms with E-state index in [9.17, 15) is 9.59 Å². The van der Waals surface area contributed by atoms with Crippen molar-refractivity contribution in [3.8, 4) is 33.6 Å². The Kier molecular flexibility index (Phi) is 13.3. The first-order valence-corrected chi connectivity index (χ1v) is 21.4. The molecule has 0 atom stereocenters. The summed E-state index contributed by atoms with van der Waals surface area (Å²) in [5.74, 6) is -0.420. The Morgan fingerprint density at radius 1 is 0.391 bits per heavy atom. The molecule has 8 aromatic rings. The largest absolute Gasteiger partial charge is 0.469 e. The zero-order valence-electron chi connectivity index (χ0n) is 36.6. The Morgan fingerprint density at radius 3 is 0.953 bits per heavy atom. The van der Waals surface area contributed by atoms with Crippen LogP contribution in [0.15, 0.2) is 182 Å². The van der Waals surface area contributed by atoms with Gasteiger partial charge in [0, 0.05) is 70.5 Å². The Morgan fingerprint density at radius 2 is 0.672 bits per heavy atom. The summed E-state index contributed by atoms with van der Waals surface area (Å²) in [4.78, 5) is 37.5. The smallest absolute Gasteiger partial charge is 0.305 e. The second-order valence-electron chi connectivity index (χ2n) is 15.8. The summed E-state index contributed by atoms with van der Waals surface area (Å²) in [6.07, 6.45) is 5.77. The van der Waals surface area contributed by atoms with Gasteiger partial charge in [-0.25, -0.2) is 0 Å². The fraction of sp³-hybridized carbons (Fsp3) is 0.143. The van der Waals surface area contributed by atoms with Gasteiger partial charge in [-0.05, 0) is 134 Å². The normalized spacial score (nSPS) is 10.9. The number of hydrogen-bond donors (Lipinski definition) is 0. The van der Waals surface area contributed by atoms with Gasteiger partial charge in [-0.1, -0.05) is 96.1 Å². The molecule has 0 aliphatic carbocycles. The number of carbonyl (C=O) groups is 2. The second-order valence-corrected chi connectivity index (χ2v) is 15.8. The van der Waals surface area contributed by atoms with Crippen molar-refractivity contribution < 1.29 is 19.1 Å². The molecule has 0 spiro atoms. The summed E-state index contributed by atoms with van der Waals surface area (Å²) in [6.45, 7) is 4.18. The number of pyridine rings is 2. The van der Waals surface area contributed by atoms with Crippen LogP contribution in [0.2, 0.25) is 0 Å². The van der Waals surface area contributed by atoms with Crippen LogP contribution in [0.5, 0.6) is 0 Å². The van der Waals surface area contributed by atoms with E-state index in [1.165, 1.54) is 25.3 Å². The van der Waals surface area contributed by atoms with Gasteiger partial charge in [0.25, 0.3) is 0 Å². The van der Waals surface area contributed by atoms with Crippen molar-refractivity contribution in [3.05, 3.63) is 205 Å². The molecule has 64 heavy (non-hydrogen) atoms. The van der Waals surface area contributed by atoms with Crippen molar-refractivity contribution >= 4 is 46.1 Å². The number of rotatable bonds is 15. The lowest BCUT2D eigenvalue weighted by Crippen LogP contribution is -2.10. The van der Waals surface area contributed by atoms with Crippen LogP contribution in [0.1, 0.15) is 35.1 Å². The molecule has 6 aromatic carbocycles. The van der Waals surface area contributed by atoms with E-state index in [0.29, 0.717) is 25.7 Å². The van der Waals surface area contributed by atoms with Gasteiger partial charge < -0.3 is 19.3 Å². The van der Waals surface area contributed by atoms with Gasteiger partial charge in [0.15, 0.2) is 0 Å². The summed E-state index contributed by atoms with van der Waals surface area (Å²) in [7, 11) is 2.84. The summed E-state index contributed by atoms with van der Waals surface area (Å²) in [5, 5.41) is 0. The zero-order valence-corrected chi connectivity index (χ0v) is 36.6. The quantitative estimate of drug-likeness (QED) is 0.0944. The van der Waals surface area contributed by atoms with Crippen LogP contribution in [0.25, 0.3) is 33.6 Å². The van der Waals surface area contributed by atoms with Crippen molar-refractivity contribution in [1.82, 2.24) is 9.97 Å². The molecular formula is C56H50N4O4. The predicted octanol–water partition coefficient (Wildman–Crippen LogP) is 13.2. The van der Waals surface area contributed by atoms with E-state index in [0.717, 1.165) is 78.9 Å². The lowest BCUT2D eigenvalue weighted by atomic mass is 10.0. The predicted molar refractivity (Wildman–Crippen MR) is 258 cm³/mol. The maximum absolute atomic E-state index is 11.7. The summed E-state index contributed by atoms with van der Waals surface area (Å²) >= 11 is 0. The van der Waals surface area contributed by atoms with Crippen LogP contribution in [0, 0.1) is 13.8 Å². The molecule has 0 aliphatic rings. The summed E-state index contributed by atoms with van der Waals surface area (Å²) in [5.41, 5.74) is 16.5. The second kappa shape index (κ2) is 19.9. The highest BCUT2D eigenvalue weighted by atomic mass is 16.5. The number of methoxy groups -OCH3 is 2. The molecule has 0 unspecified atom stereocenters. The highest BCUT2D eigenvalue weighted by molar-refractivity contribution is 5.80. The SMILES string of the molecule is COC(=O)CCc1ccc(N(c2ccc(C)cc2)c2ccc(-c3ccc(-c4ccc(-c5ccc(N(c6ccc(C)cc6)c6ccc(CCC(=O)OC)cc6)cc5)cn4)nc3)cc2)cc1. The molecule has 8 rings (SSSR count). The number of anilines is 6. The van der Waals surface area contributed by atoms with Crippen molar-refractivity contribution in [1.29, 1.82) is 0 Å². The Balaban J connectivity index is 0.960. The van der Waals surface area contributed by atoms with Crippen molar-refractivity contribution in [2.75, 3.05) is 24.0 Å². The topological polar surface area (TPSA) is 84.9 Å². The molecule has 0 saturated carbocycles. The molecule has 0 radical (unpaired) electrons. The number of carbonyl (C=O) groups excluding carboxylic acids is 2. The van der Waals surface area contributed by atoms with E-state index >= 15 is 0 Å². The highest BCUT2D eigenvalue weighted by Crippen LogP contribution is 2.38. The van der Waals surface area contributed by atoms with E-state index < -0.39 is 0 Å². The molecule has 0 fully saturated rings. The van der Waals surface area contributed by atoms with Gasteiger partial charge in [-0.2, -0.15) is 0 Å². The molecule has 0 N–H and O–H groups in total. The lowest BCUT2D eigenvalue weighted by Gasteiger charge is -2.26. The van der Waals surface area contributed by atoms with Gasteiger partial charge in [0.2, 0.25) is 0 Å². The molecule has 0 amide bonds. The Labute approximate surface area is 375 Å². The highest BCUT2D eigenvalue weighted by Gasteiger charge is 2.16.